The van der Waals surface area contributed by atoms with Crippen molar-refractivity contribution in [1.82, 2.24) is 0 Å². The predicted octanol–water partition coefficient (Wildman–Crippen LogP) is 4.58. The molecule has 0 amide bonds. The molecule has 0 aliphatic carbocycles. The number of rotatable bonds is 2. The summed E-state index contributed by atoms with van der Waals surface area (Å²) in [6.07, 6.45) is 0. The van der Waals surface area contributed by atoms with Crippen molar-refractivity contribution in [3.63, 3.8) is 0 Å². The molecule has 0 aromatic heterocycles. The van der Waals surface area contributed by atoms with Gasteiger partial charge in [0.2, 0.25) is 0 Å². The first kappa shape index (κ1) is 18.6. The third kappa shape index (κ3) is 5.70. The fourth-order valence-electron chi connectivity index (χ4n) is 1.27. The Morgan fingerprint density at radius 2 is 1.33 bits per heavy atom. The van der Waals surface area contributed by atoms with Crippen LogP contribution in [0.5, 0.6) is 0 Å². The fraction of sp³-hybridized carbons (Fsp3) is 0. The van der Waals surface area contributed by atoms with Gasteiger partial charge >= 0.3 is 11.9 Å². The second-order valence-corrected chi connectivity index (χ2v) is 7.02. The van der Waals surface area contributed by atoms with Crippen molar-refractivity contribution in [1.29, 1.82) is 0 Å². The summed E-state index contributed by atoms with van der Waals surface area (Å²) in [6.45, 7) is 0. The molecule has 2 aromatic rings. The van der Waals surface area contributed by atoms with Gasteiger partial charge in [0.1, 0.15) is 0 Å². The molecule has 0 fully saturated rings. The van der Waals surface area contributed by atoms with Gasteiger partial charge in [0.25, 0.3) is 0 Å². The van der Waals surface area contributed by atoms with Gasteiger partial charge in [-0.2, -0.15) is 0 Å². The highest BCUT2D eigenvalue weighted by Gasteiger charge is 2.12. The van der Waals surface area contributed by atoms with Crippen LogP contribution in [0.3, 0.4) is 0 Å². The molecule has 0 saturated carbocycles. The molecule has 0 unspecified atom stereocenters. The Kier molecular flexibility index (Phi) is 7.87. The van der Waals surface area contributed by atoms with Crippen molar-refractivity contribution < 1.29 is 19.8 Å². The van der Waals surface area contributed by atoms with Gasteiger partial charge in [0.05, 0.1) is 11.1 Å². The Hall–Kier alpha value is -0.430. The van der Waals surface area contributed by atoms with Crippen LogP contribution in [0, 0.1) is 10.7 Å². The van der Waals surface area contributed by atoms with Crippen molar-refractivity contribution >= 4 is 79.7 Å². The molecule has 4 nitrogen and oxygen atoms in total. The van der Waals surface area contributed by atoms with E-state index in [1.54, 1.807) is 36.4 Å². The molecule has 2 N–H and O–H groups in total. The summed E-state index contributed by atoms with van der Waals surface area (Å²) in [5.41, 5.74) is 0.706. The van der Waals surface area contributed by atoms with Crippen LogP contribution in [0.4, 0.5) is 0 Å². The van der Waals surface area contributed by atoms with Gasteiger partial charge in [-0.15, -0.1) is 0 Å². The van der Waals surface area contributed by atoms with Crippen LogP contribution >= 0.6 is 67.8 Å². The molecule has 2 aromatic carbocycles. The van der Waals surface area contributed by atoms with Crippen molar-refractivity contribution in [2.24, 2.45) is 0 Å². The molecule has 7 heteroatoms. The standard InChI is InChI=1S/C7H3I3O2.C7H6O2/c8-4-2-1-3(7(11)12)5(9)6(4)10;8-7(9)6-4-2-1-3-5-6/h1-2H,(H,11,12);1-5H,(H,8,9). The van der Waals surface area contributed by atoms with Crippen LogP contribution in [-0.2, 0) is 0 Å². The number of benzene rings is 2. The average Bonchev–Trinajstić information content (AvgIpc) is 2.46. The van der Waals surface area contributed by atoms with Crippen LogP contribution in [-0.4, -0.2) is 22.2 Å². The van der Waals surface area contributed by atoms with Gasteiger partial charge in [-0.1, -0.05) is 18.2 Å². The Bertz CT molecular complexity index is 657. The monoisotopic (exact) mass is 622 g/mol. The van der Waals surface area contributed by atoms with Crippen LogP contribution < -0.4 is 0 Å². The van der Waals surface area contributed by atoms with E-state index in [2.05, 4.69) is 67.8 Å². The van der Waals surface area contributed by atoms with E-state index in [1.165, 1.54) is 0 Å². The summed E-state index contributed by atoms with van der Waals surface area (Å²) in [7, 11) is 0. The average molecular weight is 622 g/mol. The van der Waals surface area contributed by atoms with E-state index < -0.39 is 11.9 Å². The normalized spacial score (nSPS) is 9.48. The zero-order valence-corrected chi connectivity index (χ0v) is 16.9. The molecule has 110 valence electrons. The largest absolute Gasteiger partial charge is 0.478 e. The second-order valence-electron chi connectivity index (χ2n) is 3.70. The van der Waals surface area contributed by atoms with E-state index >= 15 is 0 Å². The molecule has 0 aliphatic rings. The molecule has 0 bridgehead atoms. The fourth-order valence-corrected chi connectivity index (χ4v) is 3.41. The van der Waals surface area contributed by atoms with Gasteiger partial charge in [0.15, 0.2) is 0 Å². The molecule has 0 saturated heterocycles. The maximum absolute atomic E-state index is 10.7. The SMILES string of the molecule is O=C(O)c1ccc(I)c(I)c1I.O=C(O)c1ccccc1. The summed E-state index contributed by atoms with van der Waals surface area (Å²) in [4.78, 5) is 20.9. The van der Waals surface area contributed by atoms with E-state index in [1.807, 2.05) is 6.07 Å². The van der Waals surface area contributed by atoms with Crippen LogP contribution in [0.2, 0.25) is 0 Å². The Morgan fingerprint density at radius 1 is 0.762 bits per heavy atom. The molecule has 21 heavy (non-hydrogen) atoms. The molecule has 0 radical (unpaired) electrons. The van der Waals surface area contributed by atoms with Gasteiger partial charge in [0, 0.05) is 10.7 Å². The van der Waals surface area contributed by atoms with Crippen molar-refractivity contribution in [3.05, 3.63) is 64.3 Å². The van der Waals surface area contributed by atoms with E-state index in [0.717, 1.165) is 10.7 Å². The molecule has 0 atom stereocenters. The van der Waals surface area contributed by atoms with Gasteiger partial charge in [-0.05, 0) is 92.0 Å². The minimum Gasteiger partial charge on any atom is -0.478 e. The molecule has 2 rings (SSSR count). The first-order valence-electron chi connectivity index (χ1n) is 5.49. The number of carbonyl (C=O) groups is 2. The summed E-state index contributed by atoms with van der Waals surface area (Å²) < 4.78 is 2.91. The summed E-state index contributed by atoms with van der Waals surface area (Å²) >= 11 is 6.39. The first-order valence-corrected chi connectivity index (χ1v) is 8.73. The zero-order valence-electron chi connectivity index (χ0n) is 10.4. The smallest absolute Gasteiger partial charge is 0.336 e. The summed E-state index contributed by atoms with van der Waals surface area (Å²) in [5, 5.41) is 17.2. The Labute approximate surface area is 162 Å². The lowest BCUT2D eigenvalue weighted by molar-refractivity contribution is 0.0685. The molecule has 0 aliphatic heterocycles. The van der Waals surface area contributed by atoms with Crippen LogP contribution in [0.1, 0.15) is 20.7 Å². The number of hydrogen-bond donors (Lipinski definition) is 2. The topological polar surface area (TPSA) is 74.6 Å². The highest BCUT2D eigenvalue weighted by Crippen LogP contribution is 2.24. The van der Waals surface area contributed by atoms with E-state index in [-0.39, 0.29) is 0 Å². The molecule has 0 spiro atoms. The highest BCUT2D eigenvalue weighted by atomic mass is 127. The number of carboxylic acid groups (broad SMARTS) is 2. The predicted molar refractivity (Wildman–Crippen MR) is 105 cm³/mol. The molecule has 0 heterocycles. The number of aromatic carboxylic acids is 2. The third-order valence-electron chi connectivity index (χ3n) is 2.29. The van der Waals surface area contributed by atoms with E-state index in [4.69, 9.17) is 10.2 Å². The molecular weight excluding hydrogens is 613 g/mol. The summed E-state index contributed by atoms with van der Waals surface area (Å²) in [5.74, 6) is -1.75. The number of halogens is 3. The van der Waals surface area contributed by atoms with Crippen molar-refractivity contribution in [3.8, 4) is 0 Å². The lowest BCUT2D eigenvalue weighted by Crippen LogP contribution is -2.02. The van der Waals surface area contributed by atoms with Crippen molar-refractivity contribution in [2.75, 3.05) is 0 Å². The van der Waals surface area contributed by atoms with E-state index in [0.29, 0.717) is 11.1 Å². The van der Waals surface area contributed by atoms with Crippen molar-refractivity contribution in [2.45, 2.75) is 0 Å². The Balaban J connectivity index is 0.000000219. The van der Waals surface area contributed by atoms with Gasteiger partial charge < -0.3 is 10.2 Å². The summed E-state index contributed by atoms with van der Waals surface area (Å²) in [6, 6.07) is 11.7. The highest BCUT2D eigenvalue weighted by molar-refractivity contribution is 14.1. The van der Waals surface area contributed by atoms with Crippen LogP contribution in [0.25, 0.3) is 0 Å². The Morgan fingerprint density at radius 3 is 1.76 bits per heavy atom. The maximum atomic E-state index is 10.7. The molecular formula is C14H9I3O4. The lowest BCUT2D eigenvalue weighted by atomic mass is 10.2. The second kappa shape index (κ2) is 8.88. The quantitative estimate of drug-likeness (QED) is 0.380. The van der Waals surface area contributed by atoms with Crippen LogP contribution in [0.15, 0.2) is 42.5 Å². The maximum Gasteiger partial charge on any atom is 0.336 e. The lowest BCUT2D eigenvalue weighted by Gasteiger charge is -2.02. The van der Waals surface area contributed by atoms with Gasteiger partial charge in [-0.25, -0.2) is 9.59 Å². The minimum atomic E-state index is -0.879. The zero-order chi connectivity index (χ0) is 16.0. The first-order chi connectivity index (χ1) is 9.84. The minimum absolute atomic E-state index is 0.331. The third-order valence-corrected chi connectivity index (χ3v) is 7.49. The van der Waals surface area contributed by atoms with E-state index in [9.17, 15) is 9.59 Å². The number of carboxylic acids is 2. The number of hydrogen-bond acceptors (Lipinski definition) is 2. The van der Waals surface area contributed by atoms with Gasteiger partial charge in [-0.3, -0.25) is 0 Å².